The molecule has 19 heavy (non-hydrogen) atoms. The van der Waals surface area contributed by atoms with Crippen LogP contribution < -0.4 is 5.32 Å². The molecule has 1 N–H and O–H groups in total. The molecule has 0 aliphatic carbocycles. The SMILES string of the molecule is Cc1cc(C)n(CC(=O)Nc2ccccn2)c1C#N. The minimum Gasteiger partial charge on any atom is -0.327 e. The van der Waals surface area contributed by atoms with Crippen molar-refractivity contribution in [2.75, 3.05) is 5.32 Å². The molecule has 0 bridgehead atoms. The van der Waals surface area contributed by atoms with Crippen molar-refractivity contribution in [3.8, 4) is 6.07 Å². The molecule has 0 radical (unpaired) electrons. The molecule has 0 unspecified atom stereocenters. The lowest BCUT2D eigenvalue weighted by molar-refractivity contribution is -0.116. The van der Waals surface area contributed by atoms with E-state index in [0.717, 1.165) is 11.3 Å². The Balaban J connectivity index is 2.14. The molecule has 0 saturated heterocycles. The average molecular weight is 254 g/mol. The highest BCUT2D eigenvalue weighted by Gasteiger charge is 2.12. The van der Waals surface area contributed by atoms with E-state index in [4.69, 9.17) is 5.26 Å². The molecule has 0 aromatic carbocycles. The molecular weight excluding hydrogens is 240 g/mol. The number of carbonyl (C=O) groups excluding carboxylic acids is 1. The van der Waals surface area contributed by atoms with Gasteiger partial charge in [-0.25, -0.2) is 4.98 Å². The number of nitrogens with one attached hydrogen (secondary N) is 1. The molecule has 2 aromatic heterocycles. The molecule has 0 atom stereocenters. The van der Waals surface area contributed by atoms with Crippen LogP contribution >= 0.6 is 0 Å². The van der Waals surface area contributed by atoms with Gasteiger partial charge in [-0.3, -0.25) is 4.79 Å². The summed E-state index contributed by atoms with van der Waals surface area (Å²) in [5, 5.41) is 11.8. The van der Waals surface area contributed by atoms with Crippen LogP contribution in [0.2, 0.25) is 0 Å². The zero-order chi connectivity index (χ0) is 13.8. The van der Waals surface area contributed by atoms with Gasteiger partial charge in [-0.05, 0) is 37.6 Å². The smallest absolute Gasteiger partial charge is 0.245 e. The van der Waals surface area contributed by atoms with Crippen LogP contribution in [0.4, 0.5) is 5.82 Å². The van der Waals surface area contributed by atoms with Crippen LogP contribution in [0.25, 0.3) is 0 Å². The maximum Gasteiger partial charge on any atom is 0.245 e. The average Bonchev–Trinajstić information content (AvgIpc) is 2.65. The van der Waals surface area contributed by atoms with Crippen LogP contribution in [0.3, 0.4) is 0 Å². The highest BCUT2D eigenvalue weighted by atomic mass is 16.2. The second kappa shape index (κ2) is 5.36. The normalized spacial score (nSPS) is 9.95. The number of amides is 1. The minimum absolute atomic E-state index is 0.110. The van der Waals surface area contributed by atoms with Gasteiger partial charge in [0.25, 0.3) is 0 Å². The Bertz CT molecular complexity index is 637. The van der Waals surface area contributed by atoms with Crippen molar-refractivity contribution in [2.24, 2.45) is 0 Å². The van der Waals surface area contributed by atoms with Gasteiger partial charge in [-0.15, -0.1) is 0 Å². The molecule has 0 saturated carbocycles. The molecule has 96 valence electrons. The Morgan fingerprint density at radius 3 is 2.89 bits per heavy atom. The van der Waals surface area contributed by atoms with Crippen molar-refractivity contribution in [3.05, 3.63) is 47.4 Å². The molecule has 0 spiro atoms. The van der Waals surface area contributed by atoms with Gasteiger partial charge in [-0.1, -0.05) is 6.07 Å². The third kappa shape index (κ3) is 2.80. The van der Waals surface area contributed by atoms with Crippen molar-refractivity contribution in [1.82, 2.24) is 9.55 Å². The number of nitriles is 1. The summed E-state index contributed by atoms with van der Waals surface area (Å²) < 4.78 is 1.70. The first-order valence-electron chi connectivity index (χ1n) is 5.89. The Labute approximate surface area is 111 Å². The highest BCUT2D eigenvalue weighted by molar-refractivity contribution is 5.89. The summed E-state index contributed by atoms with van der Waals surface area (Å²) in [7, 11) is 0. The van der Waals surface area contributed by atoms with Crippen molar-refractivity contribution in [2.45, 2.75) is 20.4 Å². The second-order valence-corrected chi connectivity index (χ2v) is 4.28. The molecule has 0 aliphatic heterocycles. The highest BCUT2D eigenvalue weighted by Crippen LogP contribution is 2.14. The predicted molar refractivity (Wildman–Crippen MR) is 71.5 cm³/mol. The monoisotopic (exact) mass is 254 g/mol. The molecule has 0 aliphatic rings. The lowest BCUT2D eigenvalue weighted by atomic mass is 10.3. The third-order valence-corrected chi connectivity index (χ3v) is 2.83. The Morgan fingerprint density at radius 1 is 1.47 bits per heavy atom. The van der Waals surface area contributed by atoms with Gasteiger partial charge in [0.05, 0.1) is 0 Å². The van der Waals surface area contributed by atoms with Crippen molar-refractivity contribution in [1.29, 1.82) is 5.26 Å². The fourth-order valence-corrected chi connectivity index (χ4v) is 1.96. The molecular formula is C14H14N4O. The largest absolute Gasteiger partial charge is 0.327 e. The van der Waals surface area contributed by atoms with E-state index >= 15 is 0 Å². The summed E-state index contributed by atoms with van der Waals surface area (Å²) in [6.07, 6.45) is 1.61. The van der Waals surface area contributed by atoms with E-state index in [2.05, 4.69) is 16.4 Å². The number of hydrogen-bond donors (Lipinski definition) is 1. The van der Waals surface area contributed by atoms with Gasteiger partial charge in [0.1, 0.15) is 24.1 Å². The van der Waals surface area contributed by atoms with Crippen LogP contribution in [-0.2, 0) is 11.3 Å². The zero-order valence-electron chi connectivity index (χ0n) is 10.8. The van der Waals surface area contributed by atoms with Crippen LogP contribution in [0.15, 0.2) is 30.5 Å². The topological polar surface area (TPSA) is 70.7 Å². The van der Waals surface area contributed by atoms with E-state index in [1.165, 1.54) is 0 Å². The number of pyridine rings is 1. The van der Waals surface area contributed by atoms with Gasteiger partial charge in [0.15, 0.2) is 0 Å². The molecule has 5 heteroatoms. The van der Waals surface area contributed by atoms with E-state index in [1.807, 2.05) is 19.9 Å². The van der Waals surface area contributed by atoms with E-state index in [-0.39, 0.29) is 12.5 Å². The molecule has 0 fully saturated rings. The summed E-state index contributed by atoms with van der Waals surface area (Å²) in [4.78, 5) is 16.0. The molecule has 2 heterocycles. The number of anilines is 1. The third-order valence-electron chi connectivity index (χ3n) is 2.83. The van der Waals surface area contributed by atoms with E-state index in [1.54, 1.807) is 29.0 Å². The van der Waals surface area contributed by atoms with E-state index < -0.39 is 0 Å². The Kier molecular flexibility index (Phi) is 3.62. The van der Waals surface area contributed by atoms with Crippen LogP contribution in [0.5, 0.6) is 0 Å². The molecule has 5 nitrogen and oxygen atoms in total. The van der Waals surface area contributed by atoms with Crippen molar-refractivity contribution >= 4 is 11.7 Å². The Hall–Kier alpha value is -2.61. The first-order valence-corrected chi connectivity index (χ1v) is 5.89. The van der Waals surface area contributed by atoms with Crippen LogP contribution in [0.1, 0.15) is 17.0 Å². The second-order valence-electron chi connectivity index (χ2n) is 4.28. The first kappa shape index (κ1) is 12.8. The lowest BCUT2D eigenvalue weighted by Gasteiger charge is -2.08. The number of hydrogen-bond acceptors (Lipinski definition) is 3. The summed E-state index contributed by atoms with van der Waals surface area (Å²) in [5.41, 5.74) is 2.30. The summed E-state index contributed by atoms with van der Waals surface area (Å²) in [6, 6.07) is 9.32. The van der Waals surface area contributed by atoms with Gasteiger partial charge >= 0.3 is 0 Å². The number of nitrogens with zero attached hydrogens (tertiary/aromatic N) is 3. The fraction of sp³-hybridized carbons (Fsp3) is 0.214. The predicted octanol–water partition coefficient (Wildman–Crippen LogP) is 2.01. The van der Waals surface area contributed by atoms with Crippen LogP contribution in [-0.4, -0.2) is 15.5 Å². The van der Waals surface area contributed by atoms with Gasteiger partial charge < -0.3 is 9.88 Å². The zero-order valence-corrected chi connectivity index (χ0v) is 10.8. The molecule has 2 rings (SSSR count). The van der Waals surface area contributed by atoms with E-state index in [0.29, 0.717) is 11.5 Å². The van der Waals surface area contributed by atoms with Gasteiger partial charge in [0, 0.05) is 11.9 Å². The first-order chi connectivity index (χ1) is 9.11. The van der Waals surface area contributed by atoms with E-state index in [9.17, 15) is 4.79 Å². The maximum absolute atomic E-state index is 11.9. The van der Waals surface area contributed by atoms with Crippen molar-refractivity contribution < 1.29 is 4.79 Å². The fourth-order valence-electron chi connectivity index (χ4n) is 1.96. The quantitative estimate of drug-likeness (QED) is 0.910. The van der Waals surface area contributed by atoms with Crippen molar-refractivity contribution in [3.63, 3.8) is 0 Å². The standard InChI is InChI=1S/C14H14N4O/c1-10-7-11(2)18(12(10)8-15)9-14(19)17-13-5-3-4-6-16-13/h3-7H,9H2,1-2H3,(H,16,17,19). The lowest BCUT2D eigenvalue weighted by Crippen LogP contribution is -2.20. The number of aryl methyl sites for hydroxylation is 2. The van der Waals surface area contributed by atoms with Crippen LogP contribution in [0, 0.1) is 25.2 Å². The maximum atomic E-state index is 11.9. The van der Waals surface area contributed by atoms with Gasteiger partial charge in [-0.2, -0.15) is 5.26 Å². The number of aromatic nitrogens is 2. The molecule has 2 aromatic rings. The Morgan fingerprint density at radius 2 is 2.26 bits per heavy atom. The minimum atomic E-state index is -0.200. The summed E-state index contributed by atoms with van der Waals surface area (Å²) >= 11 is 0. The van der Waals surface area contributed by atoms with Gasteiger partial charge in [0.2, 0.25) is 5.91 Å². The molecule has 1 amide bonds. The number of rotatable bonds is 3. The summed E-state index contributed by atoms with van der Waals surface area (Å²) in [5.74, 6) is 0.307. The summed E-state index contributed by atoms with van der Waals surface area (Å²) in [6.45, 7) is 3.85. The number of carbonyl (C=O) groups is 1.